The molecule has 0 aliphatic rings. The van der Waals surface area contributed by atoms with Crippen LogP contribution >= 0.6 is 0 Å². The Labute approximate surface area is 360 Å². The fourth-order valence-corrected chi connectivity index (χ4v) is 7.37. The summed E-state index contributed by atoms with van der Waals surface area (Å²) >= 11 is 0. The topological polar surface area (TPSA) is 78.9 Å². The molecule has 0 aliphatic carbocycles. The van der Waals surface area contributed by atoms with Gasteiger partial charge in [-0.3, -0.25) is 14.4 Å². The monoisotopic (exact) mass is 817 g/mol. The Balaban J connectivity index is 4.31. The molecule has 1 unspecified atom stereocenters. The first-order chi connectivity index (χ1) is 28.5. The molecule has 0 radical (unpaired) electrons. The molecule has 6 nitrogen and oxygen atoms in total. The Bertz CT molecular complexity index is 942. The van der Waals surface area contributed by atoms with Gasteiger partial charge in [-0.1, -0.05) is 231 Å². The quantitative estimate of drug-likeness (QED) is 0.0263. The van der Waals surface area contributed by atoms with Gasteiger partial charge in [-0.2, -0.15) is 0 Å². The third-order valence-electron chi connectivity index (χ3n) is 11.2. The van der Waals surface area contributed by atoms with Crippen molar-refractivity contribution in [2.45, 2.75) is 277 Å². The predicted octanol–water partition coefficient (Wildman–Crippen LogP) is 16.4. The number of carbonyl (C=O) groups excluding carboxylic acids is 3. The van der Waals surface area contributed by atoms with Crippen molar-refractivity contribution in [3.63, 3.8) is 0 Å². The smallest absolute Gasteiger partial charge is 0.306 e. The van der Waals surface area contributed by atoms with Crippen molar-refractivity contribution in [2.75, 3.05) is 13.2 Å². The van der Waals surface area contributed by atoms with Gasteiger partial charge in [-0.05, 0) is 44.9 Å². The Morgan fingerprint density at radius 3 is 0.948 bits per heavy atom. The SMILES string of the molecule is CCCCC/C=C\C=C/CCCCCCCCC(=O)OC(COC(=O)CCCCCCCCCCC)COC(=O)CCCCCCCCCCCCCCCCCC. The maximum atomic E-state index is 12.8. The number of rotatable bonds is 46. The number of esters is 3. The van der Waals surface area contributed by atoms with E-state index in [0.29, 0.717) is 19.3 Å². The molecule has 1 atom stereocenters. The highest BCUT2D eigenvalue weighted by Gasteiger charge is 2.19. The lowest BCUT2D eigenvalue weighted by Gasteiger charge is -2.18. The fraction of sp³-hybridized carbons (Fsp3) is 0.865. The molecule has 0 saturated carbocycles. The number of ether oxygens (including phenoxy) is 3. The van der Waals surface area contributed by atoms with Gasteiger partial charge in [-0.25, -0.2) is 0 Å². The van der Waals surface area contributed by atoms with Crippen molar-refractivity contribution in [1.82, 2.24) is 0 Å². The third-order valence-corrected chi connectivity index (χ3v) is 11.2. The van der Waals surface area contributed by atoms with Crippen LogP contribution in [0.3, 0.4) is 0 Å². The van der Waals surface area contributed by atoms with Crippen LogP contribution in [-0.2, 0) is 28.6 Å². The lowest BCUT2D eigenvalue weighted by Crippen LogP contribution is -2.30. The van der Waals surface area contributed by atoms with Crippen molar-refractivity contribution in [2.24, 2.45) is 0 Å². The van der Waals surface area contributed by atoms with Crippen LogP contribution in [0, 0.1) is 0 Å². The van der Waals surface area contributed by atoms with E-state index in [1.165, 1.54) is 167 Å². The highest BCUT2D eigenvalue weighted by molar-refractivity contribution is 5.71. The van der Waals surface area contributed by atoms with E-state index in [4.69, 9.17) is 14.2 Å². The molecule has 0 saturated heterocycles. The standard InChI is InChI=1S/C52H96O6/c1-4-7-10-13-16-19-21-23-25-27-28-30-33-36-39-42-45-51(54)57-48-49(47-56-50(53)44-41-38-35-32-18-15-12-9-6-3)58-52(55)46-43-40-37-34-31-29-26-24-22-20-17-14-11-8-5-2/h17,20,22,24,49H,4-16,18-19,21,23,25-48H2,1-3H3/b20-17-,24-22-. The van der Waals surface area contributed by atoms with Crippen molar-refractivity contribution >= 4 is 17.9 Å². The maximum Gasteiger partial charge on any atom is 0.306 e. The zero-order chi connectivity index (χ0) is 42.3. The molecule has 0 bridgehead atoms. The molecule has 0 spiro atoms. The summed E-state index contributed by atoms with van der Waals surface area (Å²) in [6, 6.07) is 0. The minimum Gasteiger partial charge on any atom is -0.462 e. The lowest BCUT2D eigenvalue weighted by atomic mass is 10.0. The van der Waals surface area contributed by atoms with Gasteiger partial charge in [0.25, 0.3) is 0 Å². The van der Waals surface area contributed by atoms with Crippen LogP contribution in [0.2, 0.25) is 0 Å². The second kappa shape index (κ2) is 47.6. The zero-order valence-corrected chi connectivity index (χ0v) is 38.8. The van der Waals surface area contributed by atoms with Gasteiger partial charge in [0.1, 0.15) is 13.2 Å². The molecule has 0 amide bonds. The average Bonchev–Trinajstić information content (AvgIpc) is 3.22. The fourth-order valence-electron chi connectivity index (χ4n) is 7.37. The second-order valence-corrected chi connectivity index (χ2v) is 17.1. The Morgan fingerprint density at radius 2 is 0.603 bits per heavy atom. The van der Waals surface area contributed by atoms with E-state index in [1.54, 1.807) is 0 Å². The molecule has 0 N–H and O–H groups in total. The summed E-state index contributed by atoms with van der Waals surface area (Å²) in [5, 5.41) is 0. The molecule has 6 heteroatoms. The maximum absolute atomic E-state index is 12.8. The zero-order valence-electron chi connectivity index (χ0n) is 38.8. The number of hydrogen-bond donors (Lipinski definition) is 0. The van der Waals surface area contributed by atoms with Crippen molar-refractivity contribution in [1.29, 1.82) is 0 Å². The summed E-state index contributed by atoms with van der Waals surface area (Å²) in [6.45, 7) is 6.60. The summed E-state index contributed by atoms with van der Waals surface area (Å²) in [4.78, 5) is 37.8. The van der Waals surface area contributed by atoms with E-state index < -0.39 is 6.10 Å². The Hall–Kier alpha value is -2.11. The van der Waals surface area contributed by atoms with E-state index >= 15 is 0 Å². The van der Waals surface area contributed by atoms with Gasteiger partial charge in [0.05, 0.1) is 0 Å². The summed E-state index contributed by atoms with van der Waals surface area (Å²) in [5.41, 5.74) is 0. The first kappa shape index (κ1) is 55.9. The predicted molar refractivity (Wildman–Crippen MR) is 247 cm³/mol. The van der Waals surface area contributed by atoms with E-state index in [9.17, 15) is 14.4 Å². The van der Waals surface area contributed by atoms with Gasteiger partial charge < -0.3 is 14.2 Å². The van der Waals surface area contributed by atoms with Crippen molar-refractivity contribution < 1.29 is 28.6 Å². The Morgan fingerprint density at radius 1 is 0.345 bits per heavy atom. The van der Waals surface area contributed by atoms with Gasteiger partial charge >= 0.3 is 17.9 Å². The third kappa shape index (κ3) is 45.0. The number of unbranched alkanes of at least 4 members (excludes halogenated alkanes) is 32. The molecular formula is C52H96O6. The summed E-state index contributed by atoms with van der Waals surface area (Å²) < 4.78 is 16.8. The van der Waals surface area contributed by atoms with E-state index in [-0.39, 0.29) is 31.1 Å². The van der Waals surface area contributed by atoms with Gasteiger partial charge in [-0.15, -0.1) is 0 Å². The van der Waals surface area contributed by atoms with E-state index in [2.05, 4.69) is 45.1 Å². The molecule has 0 fully saturated rings. The summed E-state index contributed by atoms with van der Waals surface area (Å²) in [5.74, 6) is -0.874. The van der Waals surface area contributed by atoms with Crippen LogP contribution in [0.1, 0.15) is 271 Å². The second-order valence-electron chi connectivity index (χ2n) is 17.1. The normalized spacial score (nSPS) is 12.1. The molecule has 0 rings (SSSR count). The Kier molecular flexibility index (Phi) is 45.8. The van der Waals surface area contributed by atoms with E-state index in [0.717, 1.165) is 64.2 Å². The van der Waals surface area contributed by atoms with Gasteiger partial charge in [0, 0.05) is 19.3 Å². The van der Waals surface area contributed by atoms with Crippen molar-refractivity contribution in [3.8, 4) is 0 Å². The molecule has 58 heavy (non-hydrogen) atoms. The average molecular weight is 817 g/mol. The first-order valence-corrected chi connectivity index (χ1v) is 25.4. The molecule has 0 aliphatic heterocycles. The molecule has 0 aromatic heterocycles. The largest absolute Gasteiger partial charge is 0.462 e. The first-order valence-electron chi connectivity index (χ1n) is 25.4. The molecule has 0 aromatic rings. The molecule has 340 valence electrons. The van der Waals surface area contributed by atoms with Crippen LogP contribution in [0.5, 0.6) is 0 Å². The van der Waals surface area contributed by atoms with Crippen LogP contribution in [0.15, 0.2) is 24.3 Å². The minimum atomic E-state index is -0.770. The van der Waals surface area contributed by atoms with Gasteiger partial charge in [0.2, 0.25) is 0 Å². The van der Waals surface area contributed by atoms with Crippen LogP contribution in [0.25, 0.3) is 0 Å². The van der Waals surface area contributed by atoms with Crippen molar-refractivity contribution in [3.05, 3.63) is 24.3 Å². The summed E-state index contributed by atoms with van der Waals surface area (Å²) in [7, 11) is 0. The molecule has 0 heterocycles. The molecular weight excluding hydrogens is 721 g/mol. The van der Waals surface area contributed by atoms with Crippen LogP contribution < -0.4 is 0 Å². The number of hydrogen-bond acceptors (Lipinski definition) is 6. The highest BCUT2D eigenvalue weighted by Crippen LogP contribution is 2.16. The number of allylic oxidation sites excluding steroid dienone is 4. The van der Waals surface area contributed by atoms with Gasteiger partial charge in [0.15, 0.2) is 6.10 Å². The molecule has 0 aromatic carbocycles. The lowest BCUT2D eigenvalue weighted by molar-refractivity contribution is -0.167. The van der Waals surface area contributed by atoms with E-state index in [1.807, 2.05) is 0 Å². The number of carbonyl (C=O) groups is 3. The minimum absolute atomic E-state index is 0.0716. The van der Waals surface area contributed by atoms with Crippen LogP contribution in [0.4, 0.5) is 0 Å². The highest BCUT2D eigenvalue weighted by atomic mass is 16.6. The summed E-state index contributed by atoms with van der Waals surface area (Å²) in [6.07, 6.45) is 53.0. The van der Waals surface area contributed by atoms with Crippen LogP contribution in [-0.4, -0.2) is 37.2 Å².